The summed E-state index contributed by atoms with van der Waals surface area (Å²) in [5.74, 6) is 0.0179. The average molecular weight is 131 g/mol. The highest BCUT2D eigenvalue weighted by molar-refractivity contribution is 5.75. The Hall–Kier alpha value is -0.570. The first-order valence-corrected chi connectivity index (χ1v) is 2.94. The van der Waals surface area contributed by atoms with Gasteiger partial charge in [0.2, 0.25) is 5.91 Å². The summed E-state index contributed by atoms with van der Waals surface area (Å²) in [5, 5.41) is 2.51. The Morgan fingerprint density at radius 3 is 2.67 bits per heavy atom. The summed E-state index contributed by atoms with van der Waals surface area (Å²) < 4.78 is 4.86. The number of ether oxygens (including phenoxy) is 1. The van der Waals surface area contributed by atoms with Gasteiger partial charge in [0.25, 0.3) is 0 Å². The summed E-state index contributed by atoms with van der Waals surface area (Å²) in [6.45, 7) is 1.86. The number of nitrogens with one attached hydrogen (secondary N) is 1. The van der Waals surface area contributed by atoms with Crippen LogP contribution in [0.3, 0.4) is 0 Å². The second-order valence-corrected chi connectivity index (χ2v) is 1.92. The van der Waals surface area contributed by atoms with Crippen molar-refractivity contribution in [2.45, 2.75) is 19.4 Å². The van der Waals surface area contributed by atoms with Crippen LogP contribution in [-0.2, 0) is 9.53 Å². The quantitative estimate of drug-likeness (QED) is 0.592. The molecule has 0 heterocycles. The van der Waals surface area contributed by atoms with Crippen molar-refractivity contribution in [2.24, 2.45) is 0 Å². The molecular formula is C6H13NO2. The van der Waals surface area contributed by atoms with E-state index in [-0.39, 0.29) is 12.0 Å². The zero-order valence-electron chi connectivity index (χ0n) is 6.10. The highest BCUT2D eigenvalue weighted by Crippen LogP contribution is 1.92. The molecule has 0 aliphatic rings. The van der Waals surface area contributed by atoms with Gasteiger partial charge in [0, 0.05) is 14.2 Å². The van der Waals surface area contributed by atoms with Crippen molar-refractivity contribution in [3.8, 4) is 0 Å². The Balaban J connectivity index is 3.34. The standard InChI is InChI=1S/C6H13NO2/c1-5(9-3)4-6(8)7-2/h5H,4H2,1-3H3,(H,7,8)/t5-/m0/s1. The Kier molecular flexibility index (Phi) is 4.05. The summed E-state index contributed by atoms with van der Waals surface area (Å²) in [6.07, 6.45) is 0.456. The molecule has 0 fully saturated rings. The van der Waals surface area contributed by atoms with Gasteiger partial charge in [0.05, 0.1) is 12.5 Å². The second-order valence-electron chi connectivity index (χ2n) is 1.92. The van der Waals surface area contributed by atoms with Crippen LogP contribution >= 0.6 is 0 Å². The Bertz CT molecular complexity index is 93.1. The minimum Gasteiger partial charge on any atom is -0.381 e. The summed E-state index contributed by atoms with van der Waals surface area (Å²) in [6, 6.07) is 0. The molecular weight excluding hydrogens is 118 g/mol. The highest BCUT2D eigenvalue weighted by Gasteiger charge is 2.04. The van der Waals surface area contributed by atoms with Gasteiger partial charge in [-0.1, -0.05) is 0 Å². The van der Waals surface area contributed by atoms with Crippen molar-refractivity contribution in [1.29, 1.82) is 0 Å². The summed E-state index contributed by atoms with van der Waals surface area (Å²) in [7, 11) is 3.21. The molecule has 0 aromatic rings. The van der Waals surface area contributed by atoms with Crippen LogP contribution in [0, 0.1) is 0 Å². The van der Waals surface area contributed by atoms with Crippen LogP contribution < -0.4 is 5.32 Å². The van der Waals surface area contributed by atoms with Crippen molar-refractivity contribution in [3.63, 3.8) is 0 Å². The average Bonchev–Trinajstić information content (AvgIpc) is 1.87. The van der Waals surface area contributed by atoms with E-state index < -0.39 is 0 Å². The maximum absolute atomic E-state index is 10.6. The summed E-state index contributed by atoms with van der Waals surface area (Å²) >= 11 is 0. The van der Waals surface area contributed by atoms with Gasteiger partial charge in [-0.05, 0) is 6.92 Å². The molecule has 0 rings (SSSR count). The fourth-order valence-corrected chi connectivity index (χ4v) is 0.446. The summed E-state index contributed by atoms with van der Waals surface area (Å²) in [5.41, 5.74) is 0. The van der Waals surface area contributed by atoms with Crippen LogP contribution in [0.1, 0.15) is 13.3 Å². The number of rotatable bonds is 3. The summed E-state index contributed by atoms with van der Waals surface area (Å²) in [4.78, 5) is 10.6. The molecule has 0 spiro atoms. The van der Waals surface area contributed by atoms with Crippen LogP contribution in [-0.4, -0.2) is 26.2 Å². The molecule has 0 aliphatic carbocycles. The van der Waals surface area contributed by atoms with E-state index >= 15 is 0 Å². The van der Waals surface area contributed by atoms with Gasteiger partial charge in [-0.15, -0.1) is 0 Å². The number of methoxy groups -OCH3 is 1. The molecule has 0 aromatic carbocycles. The van der Waals surface area contributed by atoms with E-state index in [0.29, 0.717) is 6.42 Å². The first-order valence-electron chi connectivity index (χ1n) is 2.94. The van der Waals surface area contributed by atoms with Gasteiger partial charge >= 0.3 is 0 Å². The molecule has 1 amide bonds. The highest BCUT2D eigenvalue weighted by atomic mass is 16.5. The third-order valence-corrected chi connectivity index (χ3v) is 1.15. The van der Waals surface area contributed by atoms with Crippen LogP contribution in [0.5, 0.6) is 0 Å². The van der Waals surface area contributed by atoms with E-state index in [1.807, 2.05) is 6.92 Å². The number of carbonyl (C=O) groups excluding carboxylic acids is 1. The van der Waals surface area contributed by atoms with Crippen LogP contribution in [0.2, 0.25) is 0 Å². The van der Waals surface area contributed by atoms with Gasteiger partial charge in [0.15, 0.2) is 0 Å². The van der Waals surface area contributed by atoms with Crippen LogP contribution in [0.4, 0.5) is 0 Å². The second kappa shape index (κ2) is 4.32. The fraction of sp³-hybridized carbons (Fsp3) is 0.833. The van der Waals surface area contributed by atoms with Crippen LogP contribution in [0.25, 0.3) is 0 Å². The SMILES string of the molecule is CNC(=O)C[C@H](C)OC. The third kappa shape index (κ3) is 3.97. The molecule has 0 aliphatic heterocycles. The molecule has 0 saturated heterocycles. The van der Waals surface area contributed by atoms with Crippen LogP contribution in [0.15, 0.2) is 0 Å². The molecule has 0 bridgehead atoms. The van der Waals surface area contributed by atoms with E-state index in [0.717, 1.165) is 0 Å². The molecule has 54 valence electrons. The molecule has 0 aromatic heterocycles. The molecule has 0 saturated carbocycles. The van der Waals surface area contributed by atoms with Gasteiger partial charge in [-0.3, -0.25) is 4.79 Å². The van der Waals surface area contributed by atoms with Crippen molar-refractivity contribution >= 4 is 5.91 Å². The number of amides is 1. The van der Waals surface area contributed by atoms with Crippen molar-refractivity contribution in [3.05, 3.63) is 0 Å². The van der Waals surface area contributed by atoms with Crippen molar-refractivity contribution in [2.75, 3.05) is 14.2 Å². The molecule has 1 atom stereocenters. The van der Waals surface area contributed by atoms with E-state index in [1.165, 1.54) is 0 Å². The lowest BCUT2D eigenvalue weighted by atomic mass is 10.3. The number of carbonyl (C=O) groups is 1. The van der Waals surface area contributed by atoms with E-state index in [4.69, 9.17) is 4.74 Å². The van der Waals surface area contributed by atoms with Gasteiger partial charge in [-0.2, -0.15) is 0 Å². The molecule has 3 heteroatoms. The largest absolute Gasteiger partial charge is 0.381 e. The zero-order valence-corrected chi connectivity index (χ0v) is 6.10. The van der Waals surface area contributed by atoms with E-state index in [2.05, 4.69) is 5.32 Å². The van der Waals surface area contributed by atoms with E-state index in [1.54, 1.807) is 14.2 Å². The van der Waals surface area contributed by atoms with Crippen molar-refractivity contribution in [1.82, 2.24) is 5.32 Å². The number of hydrogen-bond donors (Lipinski definition) is 1. The molecule has 0 radical (unpaired) electrons. The minimum atomic E-state index is 0.0179. The lowest BCUT2D eigenvalue weighted by Gasteiger charge is -2.06. The lowest BCUT2D eigenvalue weighted by molar-refractivity contribution is -0.122. The smallest absolute Gasteiger partial charge is 0.222 e. The Morgan fingerprint density at radius 1 is 1.78 bits per heavy atom. The first kappa shape index (κ1) is 8.43. The Morgan fingerprint density at radius 2 is 2.33 bits per heavy atom. The first-order chi connectivity index (χ1) is 4.20. The maximum Gasteiger partial charge on any atom is 0.222 e. The van der Waals surface area contributed by atoms with E-state index in [9.17, 15) is 4.79 Å². The zero-order chi connectivity index (χ0) is 7.28. The molecule has 0 unspecified atom stereocenters. The Labute approximate surface area is 55.4 Å². The third-order valence-electron chi connectivity index (χ3n) is 1.15. The topological polar surface area (TPSA) is 38.3 Å². The maximum atomic E-state index is 10.6. The molecule has 9 heavy (non-hydrogen) atoms. The predicted molar refractivity (Wildman–Crippen MR) is 35.2 cm³/mol. The molecule has 1 N–H and O–H groups in total. The lowest BCUT2D eigenvalue weighted by Crippen LogP contribution is -2.23. The predicted octanol–water partition coefficient (Wildman–Crippen LogP) is 0.157. The fourth-order valence-electron chi connectivity index (χ4n) is 0.446. The minimum absolute atomic E-state index is 0.0179. The van der Waals surface area contributed by atoms with Gasteiger partial charge in [-0.25, -0.2) is 0 Å². The normalized spacial score (nSPS) is 12.8. The number of hydrogen-bond acceptors (Lipinski definition) is 2. The monoisotopic (exact) mass is 131 g/mol. The van der Waals surface area contributed by atoms with Gasteiger partial charge in [0.1, 0.15) is 0 Å². The molecule has 3 nitrogen and oxygen atoms in total. The van der Waals surface area contributed by atoms with Crippen molar-refractivity contribution < 1.29 is 9.53 Å². The van der Waals surface area contributed by atoms with Gasteiger partial charge < -0.3 is 10.1 Å².